The van der Waals surface area contributed by atoms with Crippen molar-refractivity contribution in [1.82, 2.24) is 10.2 Å². The lowest BCUT2D eigenvalue weighted by Crippen LogP contribution is -2.48. The summed E-state index contributed by atoms with van der Waals surface area (Å²) < 4.78 is 10.5. The molecular weight excluding hydrogens is 368 g/mol. The molecule has 6 nitrogen and oxygen atoms in total. The first kappa shape index (κ1) is 22.3. The Balaban J connectivity index is 2.21. The van der Waals surface area contributed by atoms with Gasteiger partial charge in [-0.2, -0.15) is 0 Å². The molecule has 2 rings (SSSR count). The van der Waals surface area contributed by atoms with Gasteiger partial charge in [0.1, 0.15) is 17.5 Å². The highest BCUT2D eigenvalue weighted by molar-refractivity contribution is 5.88. The molecule has 29 heavy (non-hydrogen) atoms. The van der Waals surface area contributed by atoms with E-state index in [1.807, 2.05) is 55.5 Å². The van der Waals surface area contributed by atoms with Gasteiger partial charge < -0.3 is 19.7 Å². The average Bonchev–Trinajstić information content (AvgIpc) is 2.75. The monoisotopic (exact) mass is 398 g/mol. The molecule has 0 bridgehead atoms. The number of benzene rings is 2. The zero-order valence-electron chi connectivity index (χ0n) is 17.6. The number of amides is 2. The molecule has 156 valence electrons. The van der Waals surface area contributed by atoms with E-state index < -0.39 is 6.04 Å². The molecule has 2 amide bonds. The fraction of sp³-hybridized carbons (Fsp3) is 0.391. The van der Waals surface area contributed by atoms with Crippen molar-refractivity contribution in [2.45, 2.75) is 39.3 Å². The Hall–Kier alpha value is -3.02. The average molecular weight is 399 g/mol. The van der Waals surface area contributed by atoms with Crippen LogP contribution in [0, 0.1) is 0 Å². The van der Waals surface area contributed by atoms with Gasteiger partial charge in [0.05, 0.1) is 20.6 Å². The van der Waals surface area contributed by atoms with Crippen molar-refractivity contribution in [1.29, 1.82) is 0 Å². The van der Waals surface area contributed by atoms with Gasteiger partial charge in [0, 0.05) is 13.1 Å². The largest absolute Gasteiger partial charge is 0.497 e. The number of nitrogens with zero attached hydrogens (tertiary/aromatic N) is 1. The molecule has 0 aliphatic rings. The van der Waals surface area contributed by atoms with E-state index >= 15 is 0 Å². The van der Waals surface area contributed by atoms with E-state index in [0.29, 0.717) is 18.8 Å². The maximum Gasteiger partial charge on any atom is 0.242 e. The summed E-state index contributed by atoms with van der Waals surface area (Å²) in [6.45, 7) is 4.67. The van der Waals surface area contributed by atoms with Crippen molar-refractivity contribution in [2.75, 3.05) is 20.8 Å². The molecule has 1 N–H and O–H groups in total. The van der Waals surface area contributed by atoms with Crippen molar-refractivity contribution in [3.8, 4) is 11.5 Å². The predicted octanol–water partition coefficient (Wildman–Crippen LogP) is 3.19. The van der Waals surface area contributed by atoms with E-state index in [0.717, 1.165) is 23.3 Å². The minimum absolute atomic E-state index is 0.114. The van der Waals surface area contributed by atoms with Crippen molar-refractivity contribution in [3.05, 3.63) is 59.7 Å². The second-order valence-corrected chi connectivity index (χ2v) is 6.87. The Morgan fingerprint density at radius 2 is 1.69 bits per heavy atom. The number of rotatable bonds is 10. The molecule has 0 fully saturated rings. The van der Waals surface area contributed by atoms with E-state index in [2.05, 4.69) is 5.32 Å². The van der Waals surface area contributed by atoms with E-state index in [-0.39, 0.29) is 18.2 Å². The molecule has 0 radical (unpaired) electrons. The molecular formula is C23H30N2O4. The van der Waals surface area contributed by atoms with Crippen LogP contribution >= 0.6 is 0 Å². The minimum Gasteiger partial charge on any atom is -0.497 e. The van der Waals surface area contributed by atoms with Crippen LogP contribution in [0.15, 0.2) is 48.5 Å². The third-order valence-electron chi connectivity index (χ3n) is 4.72. The van der Waals surface area contributed by atoms with Crippen molar-refractivity contribution in [3.63, 3.8) is 0 Å². The molecule has 0 saturated carbocycles. The zero-order chi connectivity index (χ0) is 21.2. The van der Waals surface area contributed by atoms with Gasteiger partial charge in [-0.3, -0.25) is 9.59 Å². The number of hydrogen-bond donors (Lipinski definition) is 1. The summed E-state index contributed by atoms with van der Waals surface area (Å²) in [5.74, 6) is 1.19. The van der Waals surface area contributed by atoms with Gasteiger partial charge in [-0.05, 0) is 48.7 Å². The van der Waals surface area contributed by atoms with Crippen LogP contribution in [0.5, 0.6) is 11.5 Å². The zero-order valence-corrected chi connectivity index (χ0v) is 17.6. The Bertz CT molecular complexity index is 805. The van der Waals surface area contributed by atoms with E-state index in [1.165, 1.54) is 0 Å². The number of ether oxygens (including phenoxy) is 2. The highest BCUT2D eigenvalue weighted by atomic mass is 16.5. The number of nitrogens with one attached hydrogen (secondary N) is 1. The first-order valence-corrected chi connectivity index (χ1v) is 9.81. The smallest absolute Gasteiger partial charge is 0.242 e. The lowest BCUT2D eigenvalue weighted by atomic mass is 10.1. The normalized spacial score (nSPS) is 11.4. The predicted molar refractivity (Wildman–Crippen MR) is 113 cm³/mol. The number of carbonyl (C=O) groups excluding carboxylic acids is 2. The quantitative estimate of drug-likeness (QED) is 0.667. The van der Waals surface area contributed by atoms with Gasteiger partial charge in [-0.25, -0.2) is 0 Å². The second kappa shape index (κ2) is 11.1. The Morgan fingerprint density at radius 3 is 2.31 bits per heavy atom. The maximum atomic E-state index is 13.1. The molecule has 0 heterocycles. The van der Waals surface area contributed by atoms with E-state index in [9.17, 15) is 9.59 Å². The molecule has 2 aromatic carbocycles. The molecule has 0 saturated heterocycles. The van der Waals surface area contributed by atoms with Gasteiger partial charge in [-0.15, -0.1) is 0 Å². The summed E-state index contributed by atoms with van der Waals surface area (Å²) in [6.07, 6.45) is 1.05. The Kier molecular flexibility index (Phi) is 8.52. The second-order valence-electron chi connectivity index (χ2n) is 6.87. The Morgan fingerprint density at radius 1 is 1.00 bits per heavy atom. The lowest BCUT2D eigenvalue weighted by molar-refractivity contribution is -0.140. The topological polar surface area (TPSA) is 67.9 Å². The van der Waals surface area contributed by atoms with Gasteiger partial charge in [0.15, 0.2) is 0 Å². The van der Waals surface area contributed by atoms with Crippen LogP contribution in [0.4, 0.5) is 0 Å². The van der Waals surface area contributed by atoms with Crippen LogP contribution in [-0.2, 0) is 22.6 Å². The molecule has 6 heteroatoms. The van der Waals surface area contributed by atoms with Crippen LogP contribution in [0.1, 0.15) is 31.4 Å². The van der Waals surface area contributed by atoms with Crippen LogP contribution in [0.2, 0.25) is 0 Å². The number of carbonyl (C=O) groups is 2. The van der Waals surface area contributed by atoms with Crippen LogP contribution < -0.4 is 14.8 Å². The van der Waals surface area contributed by atoms with Gasteiger partial charge in [-0.1, -0.05) is 31.2 Å². The van der Waals surface area contributed by atoms with Crippen molar-refractivity contribution >= 4 is 11.8 Å². The standard InChI is InChI=1S/C23H30N2O4/c1-5-13-24-23(27)17(2)25(16-19-7-6-8-21(14-19)29-4)22(26)15-18-9-11-20(28-3)12-10-18/h6-12,14,17H,5,13,15-16H2,1-4H3,(H,24,27)/t17-/m0/s1. The summed E-state index contributed by atoms with van der Waals surface area (Å²) in [5, 5.41) is 2.88. The van der Waals surface area contributed by atoms with Crippen LogP contribution in [0.3, 0.4) is 0 Å². The summed E-state index contributed by atoms with van der Waals surface area (Å²) in [4.78, 5) is 27.3. The highest BCUT2D eigenvalue weighted by Gasteiger charge is 2.26. The lowest BCUT2D eigenvalue weighted by Gasteiger charge is -2.29. The molecule has 0 spiro atoms. The van der Waals surface area contributed by atoms with Gasteiger partial charge >= 0.3 is 0 Å². The molecule has 0 aliphatic heterocycles. The van der Waals surface area contributed by atoms with Crippen LogP contribution in [0.25, 0.3) is 0 Å². The first-order chi connectivity index (χ1) is 14.0. The minimum atomic E-state index is -0.585. The molecule has 0 unspecified atom stereocenters. The molecule has 2 aromatic rings. The third-order valence-corrected chi connectivity index (χ3v) is 4.72. The van der Waals surface area contributed by atoms with Crippen molar-refractivity contribution in [2.24, 2.45) is 0 Å². The van der Waals surface area contributed by atoms with Gasteiger partial charge in [0.2, 0.25) is 11.8 Å². The first-order valence-electron chi connectivity index (χ1n) is 9.81. The molecule has 0 aromatic heterocycles. The van der Waals surface area contributed by atoms with Gasteiger partial charge in [0.25, 0.3) is 0 Å². The van der Waals surface area contributed by atoms with Crippen molar-refractivity contribution < 1.29 is 19.1 Å². The molecule has 1 atom stereocenters. The van der Waals surface area contributed by atoms with E-state index in [1.54, 1.807) is 26.0 Å². The summed E-state index contributed by atoms with van der Waals surface area (Å²) in [5.41, 5.74) is 1.77. The highest BCUT2D eigenvalue weighted by Crippen LogP contribution is 2.18. The Labute approximate surface area is 172 Å². The van der Waals surface area contributed by atoms with Crippen LogP contribution in [-0.4, -0.2) is 43.5 Å². The fourth-order valence-corrected chi connectivity index (χ4v) is 2.97. The molecule has 0 aliphatic carbocycles. The number of hydrogen-bond acceptors (Lipinski definition) is 4. The summed E-state index contributed by atoms with van der Waals surface area (Å²) in [7, 11) is 3.21. The third kappa shape index (κ3) is 6.52. The maximum absolute atomic E-state index is 13.1. The fourth-order valence-electron chi connectivity index (χ4n) is 2.97. The summed E-state index contributed by atoms with van der Waals surface area (Å²) in [6, 6.07) is 14.3. The van der Waals surface area contributed by atoms with E-state index in [4.69, 9.17) is 9.47 Å². The summed E-state index contributed by atoms with van der Waals surface area (Å²) >= 11 is 0. The SMILES string of the molecule is CCCNC(=O)[C@H](C)N(Cc1cccc(OC)c1)C(=O)Cc1ccc(OC)cc1. The number of methoxy groups -OCH3 is 2.